The smallest absolute Gasteiger partial charge is 0.0159 e. The van der Waals surface area contributed by atoms with E-state index >= 15 is 0 Å². The largest absolute Gasteiger partial charge is 0.0622 e. The molecule has 0 unspecified atom stereocenters. The molecule has 0 nitrogen and oxygen atoms in total. The first-order valence-corrected chi connectivity index (χ1v) is 7.98. The molecule has 2 saturated carbocycles. The van der Waals surface area contributed by atoms with Crippen LogP contribution in [0.2, 0.25) is 0 Å². The van der Waals surface area contributed by atoms with Crippen molar-refractivity contribution in [3.8, 4) is 0 Å². The van der Waals surface area contributed by atoms with Gasteiger partial charge in [-0.2, -0.15) is 0 Å². The van der Waals surface area contributed by atoms with Gasteiger partial charge in [-0.1, -0.05) is 75.3 Å². The minimum Gasteiger partial charge on any atom is -0.0622 e. The molecule has 0 bridgehead atoms. The summed E-state index contributed by atoms with van der Waals surface area (Å²) >= 11 is 0. The third kappa shape index (κ3) is 2.79. The lowest BCUT2D eigenvalue weighted by Gasteiger charge is -2.36. The second-order valence-electron chi connectivity index (χ2n) is 6.43. The molecule has 2 fully saturated rings. The first-order chi connectivity index (χ1) is 8.93. The Bertz CT molecular complexity index is 348. The fraction of sp³-hybridized carbons (Fsp3) is 0.667. The van der Waals surface area contributed by atoms with Crippen molar-refractivity contribution in [2.45, 2.75) is 63.7 Å². The van der Waals surface area contributed by atoms with E-state index in [-0.39, 0.29) is 0 Å². The van der Waals surface area contributed by atoms with Crippen LogP contribution in [0.3, 0.4) is 0 Å². The highest BCUT2D eigenvalue weighted by molar-refractivity contribution is 5.20. The lowest BCUT2D eigenvalue weighted by molar-refractivity contribution is 0.183. The van der Waals surface area contributed by atoms with Gasteiger partial charge in [-0.3, -0.25) is 0 Å². The van der Waals surface area contributed by atoms with Crippen molar-refractivity contribution in [2.24, 2.45) is 11.8 Å². The fourth-order valence-electron chi connectivity index (χ4n) is 4.29. The lowest BCUT2D eigenvalue weighted by atomic mass is 9.69. The molecule has 0 aliphatic heterocycles. The number of benzene rings is 1. The van der Waals surface area contributed by atoms with Gasteiger partial charge < -0.3 is 0 Å². The monoisotopic (exact) mass is 242 g/mol. The van der Waals surface area contributed by atoms with E-state index in [4.69, 9.17) is 0 Å². The summed E-state index contributed by atoms with van der Waals surface area (Å²) in [6.07, 6.45) is 13.4. The molecule has 0 aromatic heterocycles. The van der Waals surface area contributed by atoms with E-state index < -0.39 is 0 Å². The van der Waals surface area contributed by atoms with Gasteiger partial charge in [0.05, 0.1) is 0 Å². The highest BCUT2D eigenvalue weighted by atomic mass is 14.3. The van der Waals surface area contributed by atoms with Gasteiger partial charge in [-0.25, -0.2) is 0 Å². The average Bonchev–Trinajstić information content (AvgIpc) is 2.49. The van der Waals surface area contributed by atoms with Crippen molar-refractivity contribution >= 4 is 0 Å². The summed E-state index contributed by atoms with van der Waals surface area (Å²) in [6.45, 7) is 0. The maximum Gasteiger partial charge on any atom is -0.0159 e. The van der Waals surface area contributed by atoms with Gasteiger partial charge in [0.25, 0.3) is 0 Å². The Kier molecular flexibility index (Phi) is 4.02. The zero-order valence-electron chi connectivity index (χ0n) is 11.5. The van der Waals surface area contributed by atoms with Crippen LogP contribution in [0.5, 0.6) is 0 Å². The van der Waals surface area contributed by atoms with Crippen LogP contribution in [0.15, 0.2) is 30.3 Å². The maximum atomic E-state index is 2.34. The van der Waals surface area contributed by atoms with Gasteiger partial charge in [0, 0.05) is 0 Å². The molecule has 2 atom stereocenters. The SMILES string of the molecule is c1ccc([C@H]2CCC[C@@H](C3CCCCC3)C2)cc1. The second kappa shape index (κ2) is 5.91. The van der Waals surface area contributed by atoms with E-state index in [2.05, 4.69) is 30.3 Å². The van der Waals surface area contributed by atoms with Crippen molar-refractivity contribution < 1.29 is 0 Å². The van der Waals surface area contributed by atoms with Crippen LogP contribution in [-0.2, 0) is 0 Å². The number of hydrogen-bond donors (Lipinski definition) is 0. The topological polar surface area (TPSA) is 0 Å². The Morgan fingerprint density at radius 1 is 0.667 bits per heavy atom. The van der Waals surface area contributed by atoms with E-state index in [1.165, 1.54) is 57.8 Å². The van der Waals surface area contributed by atoms with Crippen LogP contribution < -0.4 is 0 Å². The Morgan fingerprint density at radius 2 is 1.39 bits per heavy atom. The standard InChI is InChI=1S/C18H26/c1-3-8-15(9-4-1)17-12-7-13-18(14-17)16-10-5-2-6-11-16/h1,3-4,8-9,16-18H,2,5-7,10-14H2/t17-,18+/m0/s1. The van der Waals surface area contributed by atoms with Crippen LogP contribution in [0.25, 0.3) is 0 Å². The van der Waals surface area contributed by atoms with Gasteiger partial charge in [-0.15, -0.1) is 0 Å². The summed E-state index contributed by atoms with van der Waals surface area (Å²) in [5.41, 5.74) is 1.60. The Balaban J connectivity index is 1.64. The van der Waals surface area contributed by atoms with E-state index in [0.29, 0.717) is 0 Å². The first kappa shape index (κ1) is 12.3. The predicted molar refractivity (Wildman–Crippen MR) is 77.7 cm³/mol. The quantitative estimate of drug-likeness (QED) is 0.638. The van der Waals surface area contributed by atoms with Gasteiger partial charge in [-0.05, 0) is 36.2 Å². The molecule has 18 heavy (non-hydrogen) atoms. The van der Waals surface area contributed by atoms with Crippen molar-refractivity contribution in [1.29, 1.82) is 0 Å². The van der Waals surface area contributed by atoms with Crippen LogP contribution in [0, 0.1) is 11.8 Å². The average molecular weight is 242 g/mol. The Labute approximate surface area is 112 Å². The number of hydrogen-bond acceptors (Lipinski definition) is 0. The van der Waals surface area contributed by atoms with E-state index in [9.17, 15) is 0 Å². The molecular weight excluding hydrogens is 216 g/mol. The summed E-state index contributed by atoms with van der Waals surface area (Å²) in [4.78, 5) is 0. The summed E-state index contributed by atoms with van der Waals surface area (Å²) in [5, 5.41) is 0. The van der Waals surface area contributed by atoms with Gasteiger partial charge >= 0.3 is 0 Å². The molecule has 0 spiro atoms. The Hall–Kier alpha value is -0.780. The highest BCUT2D eigenvalue weighted by Crippen LogP contribution is 2.43. The fourth-order valence-corrected chi connectivity index (χ4v) is 4.29. The molecule has 0 N–H and O–H groups in total. The van der Waals surface area contributed by atoms with Gasteiger partial charge in [0.15, 0.2) is 0 Å². The third-order valence-electron chi connectivity index (χ3n) is 5.30. The molecule has 0 amide bonds. The molecule has 2 aliphatic rings. The normalized spacial score (nSPS) is 30.2. The third-order valence-corrected chi connectivity index (χ3v) is 5.30. The summed E-state index contributed by atoms with van der Waals surface area (Å²) in [7, 11) is 0. The van der Waals surface area contributed by atoms with Crippen molar-refractivity contribution in [2.75, 3.05) is 0 Å². The molecule has 2 aliphatic carbocycles. The zero-order valence-corrected chi connectivity index (χ0v) is 11.5. The summed E-state index contributed by atoms with van der Waals surface area (Å²) in [5.74, 6) is 2.95. The molecule has 3 rings (SSSR count). The molecule has 0 radical (unpaired) electrons. The van der Waals surface area contributed by atoms with Gasteiger partial charge in [0.2, 0.25) is 0 Å². The zero-order chi connectivity index (χ0) is 12.2. The second-order valence-corrected chi connectivity index (χ2v) is 6.43. The minimum absolute atomic E-state index is 0.854. The molecule has 98 valence electrons. The molecule has 1 aromatic carbocycles. The summed E-state index contributed by atoms with van der Waals surface area (Å²) < 4.78 is 0. The molecular formula is C18H26. The van der Waals surface area contributed by atoms with Crippen LogP contribution in [0.4, 0.5) is 0 Å². The lowest BCUT2D eigenvalue weighted by Crippen LogP contribution is -2.23. The van der Waals surface area contributed by atoms with Crippen molar-refractivity contribution in [3.05, 3.63) is 35.9 Å². The van der Waals surface area contributed by atoms with E-state index in [1.54, 1.807) is 5.56 Å². The Morgan fingerprint density at radius 3 is 2.17 bits per heavy atom. The van der Waals surface area contributed by atoms with Gasteiger partial charge in [0.1, 0.15) is 0 Å². The molecule has 0 heterocycles. The van der Waals surface area contributed by atoms with E-state index in [1.807, 2.05) is 0 Å². The maximum absolute atomic E-state index is 2.34. The predicted octanol–water partition coefficient (Wildman–Crippen LogP) is 5.54. The minimum atomic E-state index is 0.854. The first-order valence-electron chi connectivity index (χ1n) is 7.98. The highest BCUT2D eigenvalue weighted by Gasteiger charge is 2.29. The van der Waals surface area contributed by atoms with Crippen LogP contribution in [0.1, 0.15) is 69.3 Å². The molecule has 0 heteroatoms. The van der Waals surface area contributed by atoms with E-state index in [0.717, 1.165) is 17.8 Å². The van der Waals surface area contributed by atoms with Crippen LogP contribution >= 0.6 is 0 Å². The number of rotatable bonds is 2. The van der Waals surface area contributed by atoms with Crippen molar-refractivity contribution in [3.63, 3.8) is 0 Å². The molecule has 1 aromatic rings. The van der Waals surface area contributed by atoms with Crippen molar-refractivity contribution in [1.82, 2.24) is 0 Å². The molecule has 0 saturated heterocycles. The van der Waals surface area contributed by atoms with Crippen LogP contribution in [-0.4, -0.2) is 0 Å². The summed E-state index contributed by atoms with van der Waals surface area (Å²) in [6, 6.07) is 11.2.